The maximum Gasteiger partial charge on any atom is 0.282 e. The van der Waals surface area contributed by atoms with Crippen LogP contribution in [0.15, 0.2) is 50.0 Å². The molecule has 0 saturated carbocycles. The molecule has 0 aliphatic rings. The predicted molar refractivity (Wildman–Crippen MR) is 104 cm³/mol. The minimum absolute atomic E-state index is 0.154. The highest BCUT2D eigenvalue weighted by Crippen LogP contribution is 2.31. The van der Waals surface area contributed by atoms with Gasteiger partial charge < -0.3 is 0 Å². The molecule has 8 heteroatoms. The van der Waals surface area contributed by atoms with E-state index in [1.807, 2.05) is 35.7 Å². The summed E-state index contributed by atoms with van der Waals surface area (Å²) in [7, 11) is 1.66. The number of H-pyrrole nitrogens is 1. The number of rotatable bonds is 3. The number of nitrogens with zero attached hydrogens (tertiary/aromatic N) is 3. The van der Waals surface area contributed by atoms with Crippen molar-refractivity contribution in [3.8, 4) is 15.7 Å². The number of hydrogen-bond donors (Lipinski definition) is 1. The molecule has 0 bridgehead atoms. The van der Waals surface area contributed by atoms with Gasteiger partial charge in [-0.15, -0.1) is 11.3 Å². The van der Waals surface area contributed by atoms with Crippen molar-refractivity contribution in [1.82, 2.24) is 14.8 Å². The van der Waals surface area contributed by atoms with Crippen molar-refractivity contribution in [2.75, 3.05) is 7.05 Å². The molecule has 1 N–H and O–H groups in total. The Hall–Kier alpha value is -2.03. The number of aromatic nitrogens is 3. The highest BCUT2D eigenvalue weighted by molar-refractivity contribution is 9.10. The van der Waals surface area contributed by atoms with E-state index in [0.717, 1.165) is 25.3 Å². The van der Waals surface area contributed by atoms with Gasteiger partial charge >= 0.3 is 0 Å². The predicted octanol–water partition coefficient (Wildman–Crippen LogP) is 4.32. The standard InChI is InChI=1S/C16H11BrN4OS2/c1-18-7-10-14(13-6-9(17)8-23-13)20-21(15(10)22)16-19-11-4-2-3-5-12(11)24-16/h2-8,20H,1H3. The normalized spacial score (nSPS) is 11.8. The van der Waals surface area contributed by atoms with Crippen molar-refractivity contribution >= 4 is 55.0 Å². The molecule has 120 valence electrons. The Balaban J connectivity index is 1.94. The summed E-state index contributed by atoms with van der Waals surface area (Å²) in [6, 6.07) is 9.81. The SMILES string of the molecule is CN=Cc1c(-c2cc(Br)cs2)[nH]n(-c2nc3ccccc3s2)c1=O. The van der Waals surface area contributed by atoms with Crippen LogP contribution in [0.5, 0.6) is 0 Å². The van der Waals surface area contributed by atoms with Crippen LogP contribution in [0.4, 0.5) is 0 Å². The second-order valence-corrected chi connectivity index (χ2v) is 7.86. The Kier molecular flexibility index (Phi) is 3.95. The van der Waals surface area contributed by atoms with Gasteiger partial charge in [0.1, 0.15) is 0 Å². The first-order valence-corrected chi connectivity index (χ1v) is 9.54. The van der Waals surface area contributed by atoms with Gasteiger partial charge in [0.2, 0.25) is 5.13 Å². The lowest BCUT2D eigenvalue weighted by Crippen LogP contribution is -2.16. The lowest BCUT2D eigenvalue weighted by molar-refractivity contribution is 0.846. The van der Waals surface area contributed by atoms with Gasteiger partial charge in [0, 0.05) is 23.1 Å². The summed E-state index contributed by atoms with van der Waals surface area (Å²) in [4.78, 5) is 22.4. The molecule has 0 unspecified atom stereocenters. The maximum atomic E-state index is 12.8. The van der Waals surface area contributed by atoms with Gasteiger partial charge in [0.05, 0.1) is 26.4 Å². The highest BCUT2D eigenvalue weighted by Gasteiger charge is 2.18. The molecule has 0 spiro atoms. The van der Waals surface area contributed by atoms with Gasteiger partial charge in [-0.05, 0) is 34.1 Å². The Labute approximate surface area is 153 Å². The molecule has 0 atom stereocenters. The van der Waals surface area contributed by atoms with Gasteiger partial charge in [-0.2, -0.15) is 4.68 Å². The summed E-state index contributed by atoms with van der Waals surface area (Å²) in [5.41, 5.74) is 2.01. The van der Waals surface area contributed by atoms with E-state index in [2.05, 4.69) is 31.0 Å². The number of para-hydroxylation sites is 1. The van der Waals surface area contributed by atoms with Gasteiger partial charge in [0.25, 0.3) is 5.56 Å². The molecule has 0 amide bonds. The highest BCUT2D eigenvalue weighted by atomic mass is 79.9. The largest absolute Gasteiger partial charge is 0.296 e. The Morgan fingerprint density at radius 2 is 2.21 bits per heavy atom. The summed E-state index contributed by atoms with van der Waals surface area (Å²) in [5, 5.41) is 5.79. The van der Waals surface area contributed by atoms with Crippen LogP contribution >= 0.6 is 38.6 Å². The lowest BCUT2D eigenvalue weighted by atomic mass is 10.2. The molecule has 24 heavy (non-hydrogen) atoms. The summed E-state index contributed by atoms with van der Waals surface area (Å²) in [5.74, 6) is 0. The number of hydrogen-bond acceptors (Lipinski definition) is 5. The zero-order chi connectivity index (χ0) is 16.7. The first-order valence-electron chi connectivity index (χ1n) is 7.05. The average molecular weight is 419 g/mol. The summed E-state index contributed by atoms with van der Waals surface area (Å²) >= 11 is 6.49. The number of thiophene rings is 1. The third-order valence-corrected chi connectivity index (χ3v) is 6.20. The lowest BCUT2D eigenvalue weighted by Gasteiger charge is -1.95. The van der Waals surface area contributed by atoms with Crippen molar-refractivity contribution < 1.29 is 0 Å². The number of aromatic amines is 1. The molecular formula is C16H11BrN4OS2. The van der Waals surface area contributed by atoms with Crippen LogP contribution in [0, 0.1) is 0 Å². The molecule has 0 radical (unpaired) electrons. The van der Waals surface area contributed by atoms with E-state index >= 15 is 0 Å². The number of nitrogens with one attached hydrogen (secondary N) is 1. The second-order valence-electron chi connectivity index (χ2n) is 5.02. The number of thiazole rings is 1. The third-order valence-electron chi connectivity index (χ3n) is 3.47. The van der Waals surface area contributed by atoms with Gasteiger partial charge in [0.15, 0.2) is 0 Å². The minimum atomic E-state index is -0.154. The fourth-order valence-electron chi connectivity index (χ4n) is 2.42. The zero-order valence-electron chi connectivity index (χ0n) is 12.5. The van der Waals surface area contributed by atoms with Crippen LogP contribution in [-0.4, -0.2) is 28.0 Å². The third kappa shape index (κ3) is 2.56. The van der Waals surface area contributed by atoms with E-state index in [4.69, 9.17) is 0 Å². The quantitative estimate of drug-likeness (QED) is 0.503. The second kappa shape index (κ2) is 6.12. The zero-order valence-corrected chi connectivity index (χ0v) is 15.7. The van der Waals surface area contributed by atoms with E-state index in [-0.39, 0.29) is 5.56 Å². The molecule has 4 rings (SSSR count). The van der Waals surface area contributed by atoms with E-state index in [1.54, 1.807) is 24.6 Å². The Bertz CT molecular complexity index is 1090. The van der Waals surface area contributed by atoms with Crippen LogP contribution in [0.3, 0.4) is 0 Å². The van der Waals surface area contributed by atoms with E-state index in [1.165, 1.54) is 16.0 Å². The van der Waals surface area contributed by atoms with Crippen LogP contribution in [0.1, 0.15) is 5.56 Å². The number of aliphatic imine (C=N–C) groups is 1. The molecule has 5 nitrogen and oxygen atoms in total. The molecule has 0 fully saturated rings. The fraction of sp³-hybridized carbons (Fsp3) is 0.0625. The molecule has 0 saturated heterocycles. The van der Waals surface area contributed by atoms with Gasteiger partial charge in [-0.3, -0.25) is 14.9 Å². The van der Waals surface area contributed by atoms with Crippen LogP contribution < -0.4 is 5.56 Å². The number of benzene rings is 1. The maximum absolute atomic E-state index is 12.8. The summed E-state index contributed by atoms with van der Waals surface area (Å²) < 4.78 is 3.51. The van der Waals surface area contributed by atoms with Crippen molar-refractivity contribution in [2.24, 2.45) is 4.99 Å². The molecule has 3 heterocycles. The molecule has 0 aliphatic heterocycles. The van der Waals surface area contributed by atoms with Crippen LogP contribution in [-0.2, 0) is 0 Å². The minimum Gasteiger partial charge on any atom is -0.296 e. The van der Waals surface area contributed by atoms with Crippen LogP contribution in [0.25, 0.3) is 25.9 Å². The monoisotopic (exact) mass is 418 g/mol. The average Bonchev–Trinajstić information content (AvgIpc) is 3.26. The van der Waals surface area contributed by atoms with Crippen molar-refractivity contribution in [1.29, 1.82) is 0 Å². The Morgan fingerprint density at radius 3 is 2.92 bits per heavy atom. The molecule has 1 aromatic carbocycles. The molecule has 4 aromatic rings. The van der Waals surface area contributed by atoms with E-state index in [0.29, 0.717) is 10.7 Å². The number of fused-ring (bicyclic) bond motifs is 1. The van der Waals surface area contributed by atoms with Crippen molar-refractivity contribution in [3.63, 3.8) is 0 Å². The first kappa shape index (κ1) is 15.5. The van der Waals surface area contributed by atoms with Crippen molar-refractivity contribution in [2.45, 2.75) is 0 Å². The van der Waals surface area contributed by atoms with Crippen molar-refractivity contribution in [3.05, 3.63) is 56.1 Å². The number of halogens is 1. The molecule has 0 aliphatic carbocycles. The Morgan fingerprint density at radius 1 is 1.38 bits per heavy atom. The van der Waals surface area contributed by atoms with E-state index < -0.39 is 0 Å². The van der Waals surface area contributed by atoms with Crippen LogP contribution in [0.2, 0.25) is 0 Å². The van der Waals surface area contributed by atoms with Gasteiger partial charge in [-0.25, -0.2) is 4.98 Å². The topological polar surface area (TPSA) is 63.0 Å². The summed E-state index contributed by atoms with van der Waals surface area (Å²) in [6.45, 7) is 0. The smallest absolute Gasteiger partial charge is 0.282 e. The first-order chi connectivity index (χ1) is 11.7. The van der Waals surface area contributed by atoms with E-state index in [9.17, 15) is 4.79 Å². The summed E-state index contributed by atoms with van der Waals surface area (Å²) in [6.07, 6.45) is 1.59. The fourth-order valence-corrected chi connectivity index (χ4v) is 4.78. The van der Waals surface area contributed by atoms with Gasteiger partial charge in [-0.1, -0.05) is 23.5 Å². The molecular weight excluding hydrogens is 408 g/mol. The molecule has 3 aromatic heterocycles.